The average Bonchev–Trinajstić information content (AvgIpc) is 3.44. The van der Waals surface area contributed by atoms with Crippen molar-refractivity contribution >= 4 is 25.5 Å². The first kappa shape index (κ1) is 52.1. The minimum atomic E-state index is -4.44. The van der Waals surface area contributed by atoms with Crippen LogP contribution in [0.15, 0.2) is 24.3 Å². The van der Waals surface area contributed by atoms with E-state index in [4.69, 9.17) is 24.3 Å². The van der Waals surface area contributed by atoms with Gasteiger partial charge in [-0.3, -0.25) is 23.4 Å². The summed E-state index contributed by atoms with van der Waals surface area (Å²) in [6.07, 6.45) is 28.2. The van der Waals surface area contributed by atoms with Crippen LogP contribution in [0.25, 0.3) is 0 Å². The van der Waals surface area contributed by atoms with Crippen molar-refractivity contribution in [1.29, 1.82) is 0 Å². The number of aliphatic hydroxyl groups excluding tert-OH is 2. The van der Waals surface area contributed by atoms with Crippen molar-refractivity contribution in [2.24, 2.45) is 17.6 Å². The number of carbonyl (C=O) groups is 3. The number of rotatable bonds is 37. The highest BCUT2D eigenvalue weighted by molar-refractivity contribution is 7.47. The summed E-state index contributed by atoms with van der Waals surface area (Å²) in [6.45, 7) is 3.34. The topological polar surface area (TPSA) is 192 Å². The SMILES string of the molecule is CCCCCCCC/C=C\CCCCCCCC(=O)OC[C@H](COP(=O)(O)OCCN)OC(=O)CCCCCC[C@H]1[C@@H](O)CC(=O)[C@@H]1/C=C/[C@@H](O)CCCCC. The molecule has 0 amide bonds. The van der Waals surface area contributed by atoms with Crippen LogP contribution in [0.5, 0.6) is 0 Å². The molecule has 0 aliphatic heterocycles. The summed E-state index contributed by atoms with van der Waals surface area (Å²) in [5, 5.41) is 20.8. The number of phosphoric acid groups is 1. The molecular weight excluding hydrogens is 737 g/mol. The van der Waals surface area contributed by atoms with Crippen LogP contribution in [0.1, 0.15) is 174 Å². The Morgan fingerprint density at radius 3 is 2.02 bits per heavy atom. The van der Waals surface area contributed by atoms with Gasteiger partial charge in [0.1, 0.15) is 12.4 Å². The van der Waals surface area contributed by atoms with Gasteiger partial charge >= 0.3 is 19.8 Å². The predicted molar refractivity (Wildman–Crippen MR) is 221 cm³/mol. The standard InChI is InChI=1S/C43H78NO11P/c1-3-5-7-8-9-10-11-12-13-14-15-16-17-18-23-27-42(48)52-34-37(35-54-56(50,51)53-32-31-44)55-43(49)28-24-20-19-22-26-38-39(41(47)33-40(38)46)30-29-36(45)25-21-6-4-2/h12-13,29-30,36-40,45-46H,3-11,14-28,31-35,44H2,1-2H3,(H,50,51)/b13-12-,30-29+/t36-,37+,38+,39+,40-/m0/s1. The predicted octanol–water partition coefficient (Wildman–Crippen LogP) is 8.98. The number of esters is 2. The average molecular weight is 816 g/mol. The summed E-state index contributed by atoms with van der Waals surface area (Å²) in [7, 11) is -4.44. The Kier molecular flexibility index (Phi) is 31.6. The van der Waals surface area contributed by atoms with Gasteiger partial charge in [0.25, 0.3) is 0 Å². The summed E-state index contributed by atoms with van der Waals surface area (Å²) in [5.41, 5.74) is 5.34. The Hall–Kier alpha value is -1.92. The maximum atomic E-state index is 12.7. The maximum Gasteiger partial charge on any atom is 0.472 e. The fraction of sp³-hybridized carbons (Fsp3) is 0.837. The molecule has 12 nitrogen and oxygen atoms in total. The van der Waals surface area contributed by atoms with Gasteiger partial charge in [-0.1, -0.05) is 128 Å². The van der Waals surface area contributed by atoms with Crippen molar-refractivity contribution in [2.75, 3.05) is 26.4 Å². The van der Waals surface area contributed by atoms with E-state index in [2.05, 4.69) is 26.0 Å². The highest BCUT2D eigenvalue weighted by Crippen LogP contribution is 2.43. The van der Waals surface area contributed by atoms with Crippen LogP contribution in [-0.4, -0.2) is 77.5 Å². The second-order valence-electron chi connectivity index (χ2n) is 15.3. The molecule has 1 fully saturated rings. The van der Waals surface area contributed by atoms with Crippen LogP contribution in [0.3, 0.4) is 0 Å². The van der Waals surface area contributed by atoms with E-state index in [0.29, 0.717) is 32.1 Å². The number of ketones is 1. The van der Waals surface area contributed by atoms with Crippen molar-refractivity contribution in [3.05, 3.63) is 24.3 Å². The Labute approximate surface area is 338 Å². The lowest BCUT2D eigenvalue weighted by atomic mass is 9.88. The van der Waals surface area contributed by atoms with Gasteiger partial charge in [-0.15, -0.1) is 0 Å². The van der Waals surface area contributed by atoms with E-state index >= 15 is 0 Å². The third-order valence-corrected chi connectivity index (χ3v) is 11.2. The van der Waals surface area contributed by atoms with Gasteiger partial charge in [-0.2, -0.15) is 0 Å². The minimum absolute atomic E-state index is 0.00183. The van der Waals surface area contributed by atoms with Gasteiger partial charge in [0.2, 0.25) is 0 Å². The van der Waals surface area contributed by atoms with Crippen molar-refractivity contribution < 1.29 is 52.6 Å². The molecule has 0 radical (unpaired) electrons. The zero-order valence-corrected chi connectivity index (χ0v) is 35.7. The number of ether oxygens (including phenoxy) is 2. The fourth-order valence-corrected chi connectivity index (χ4v) is 7.65. The van der Waals surface area contributed by atoms with E-state index in [0.717, 1.165) is 70.6 Å². The molecule has 5 N–H and O–H groups in total. The number of hydrogen-bond donors (Lipinski definition) is 4. The normalized spacial score (nSPS) is 19.5. The molecule has 0 aromatic carbocycles. The van der Waals surface area contributed by atoms with E-state index in [1.807, 2.05) is 0 Å². The van der Waals surface area contributed by atoms with Gasteiger partial charge in [-0.25, -0.2) is 4.57 Å². The number of aliphatic hydroxyl groups is 2. The maximum absolute atomic E-state index is 12.7. The first-order valence-corrected chi connectivity index (χ1v) is 23.4. The van der Waals surface area contributed by atoms with Gasteiger partial charge in [0, 0.05) is 31.7 Å². The number of nitrogens with two attached hydrogens (primary N) is 1. The number of carbonyl (C=O) groups excluding carboxylic acids is 3. The molecule has 0 bridgehead atoms. The van der Waals surface area contributed by atoms with Gasteiger partial charge < -0.3 is 30.3 Å². The Bertz CT molecular complexity index is 1130. The van der Waals surface area contributed by atoms with E-state index in [-0.39, 0.29) is 50.7 Å². The Morgan fingerprint density at radius 1 is 0.804 bits per heavy atom. The minimum Gasteiger partial charge on any atom is -0.462 e. The van der Waals surface area contributed by atoms with Gasteiger partial charge in [0.05, 0.1) is 25.4 Å². The lowest BCUT2D eigenvalue weighted by Gasteiger charge is -2.20. The molecular formula is C43H78NO11P. The number of allylic oxidation sites excluding steroid dienone is 3. The summed E-state index contributed by atoms with van der Waals surface area (Å²) in [5.74, 6) is -1.58. The first-order valence-electron chi connectivity index (χ1n) is 21.9. The summed E-state index contributed by atoms with van der Waals surface area (Å²) in [4.78, 5) is 47.6. The van der Waals surface area contributed by atoms with Crippen LogP contribution < -0.4 is 5.73 Å². The van der Waals surface area contributed by atoms with Crippen LogP contribution in [0.2, 0.25) is 0 Å². The van der Waals surface area contributed by atoms with Gasteiger partial charge in [-0.05, 0) is 57.3 Å². The molecule has 1 aliphatic carbocycles. The van der Waals surface area contributed by atoms with Crippen LogP contribution in [0, 0.1) is 11.8 Å². The second-order valence-corrected chi connectivity index (χ2v) is 16.8. The molecule has 1 aliphatic rings. The van der Waals surface area contributed by atoms with Crippen molar-refractivity contribution in [3.8, 4) is 0 Å². The van der Waals surface area contributed by atoms with E-state index in [9.17, 15) is 34.1 Å². The third kappa shape index (κ3) is 27.7. The summed E-state index contributed by atoms with van der Waals surface area (Å²) < 4.78 is 32.8. The highest BCUT2D eigenvalue weighted by Gasteiger charge is 2.39. The van der Waals surface area contributed by atoms with E-state index < -0.39 is 50.6 Å². The number of phosphoric ester groups is 1. The molecule has 1 rings (SSSR count). The quantitative estimate of drug-likeness (QED) is 0.0202. The molecule has 1 saturated carbocycles. The summed E-state index contributed by atoms with van der Waals surface area (Å²) >= 11 is 0. The number of hydrogen-bond acceptors (Lipinski definition) is 11. The Balaban J connectivity index is 2.39. The molecule has 0 heterocycles. The molecule has 0 saturated heterocycles. The van der Waals surface area contributed by atoms with Gasteiger partial charge in [0.15, 0.2) is 6.10 Å². The van der Waals surface area contributed by atoms with E-state index in [1.165, 1.54) is 38.5 Å². The zero-order valence-electron chi connectivity index (χ0n) is 34.8. The molecule has 0 aromatic rings. The Morgan fingerprint density at radius 2 is 1.38 bits per heavy atom. The highest BCUT2D eigenvalue weighted by atomic mass is 31.2. The van der Waals surface area contributed by atoms with E-state index in [1.54, 1.807) is 12.2 Å². The number of Topliss-reactive ketones (excluding diaryl/α,β-unsaturated/α-hetero) is 1. The monoisotopic (exact) mass is 816 g/mol. The molecule has 56 heavy (non-hydrogen) atoms. The van der Waals surface area contributed by atoms with Crippen LogP contribution >= 0.6 is 7.82 Å². The lowest BCUT2D eigenvalue weighted by molar-refractivity contribution is -0.161. The number of unbranched alkanes of at least 4 members (excludes halogenated alkanes) is 16. The van der Waals surface area contributed by atoms with Crippen molar-refractivity contribution in [1.82, 2.24) is 0 Å². The molecule has 6 atom stereocenters. The van der Waals surface area contributed by atoms with Crippen LogP contribution in [-0.2, 0) is 37.5 Å². The molecule has 13 heteroatoms. The molecule has 326 valence electrons. The smallest absolute Gasteiger partial charge is 0.462 e. The van der Waals surface area contributed by atoms with Crippen molar-refractivity contribution in [2.45, 2.75) is 193 Å². The molecule has 0 aromatic heterocycles. The summed E-state index contributed by atoms with van der Waals surface area (Å²) in [6, 6.07) is 0. The molecule has 0 spiro atoms. The largest absolute Gasteiger partial charge is 0.472 e. The third-order valence-electron chi connectivity index (χ3n) is 10.2. The van der Waals surface area contributed by atoms with Crippen LogP contribution in [0.4, 0.5) is 0 Å². The second kappa shape index (κ2) is 34.0. The fourth-order valence-electron chi connectivity index (χ4n) is 6.89. The molecule has 1 unspecified atom stereocenters. The van der Waals surface area contributed by atoms with Crippen molar-refractivity contribution in [3.63, 3.8) is 0 Å². The first-order chi connectivity index (χ1) is 27.0. The zero-order chi connectivity index (χ0) is 41.3. The lowest BCUT2D eigenvalue weighted by Crippen LogP contribution is -2.29.